The van der Waals surface area contributed by atoms with Crippen LogP contribution < -0.4 is 0 Å². The zero-order chi connectivity index (χ0) is 30.0. The quantitative estimate of drug-likeness (QED) is 0.0490. The third-order valence-electron chi connectivity index (χ3n) is 9.95. The number of unbranched alkanes of at least 4 members (excludes halogenated alkanes) is 12. The monoisotopic (exact) mass is 584 g/mol. The summed E-state index contributed by atoms with van der Waals surface area (Å²) in [5, 5.41) is 0.377. The largest absolute Gasteiger partial charge is 0.469 e. The van der Waals surface area contributed by atoms with Crippen LogP contribution in [0.5, 0.6) is 0 Å². The Labute approximate surface area is 246 Å². The first-order valence-electron chi connectivity index (χ1n) is 16.4. The van der Waals surface area contributed by atoms with Gasteiger partial charge in [-0.3, -0.25) is 9.59 Å². The molecule has 4 nitrogen and oxygen atoms in total. The van der Waals surface area contributed by atoms with Gasteiger partial charge in [0.2, 0.25) is 0 Å². The molecule has 0 atom stereocenters. The fraction of sp³-hybridized carbons (Fsp3) is 0.939. The smallest absolute Gasteiger partial charge is 0.316 e. The highest BCUT2D eigenvalue weighted by Crippen LogP contribution is 2.43. The van der Waals surface area contributed by atoms with E-state index in [1.165, 1.54) is 103 Å². The van der Waals surface area contributed by atoms with Crippen molar-refractivity contribution in [3.8, 4) is 0 Å². The fourth-order valence-corrected chi connectivity index (χ4v) is 8.39. The second-order valence-electron chi connectivity index (χ2n) is 14.8. The third-order valence-corrected chi connectivity index (χ3v) is 19.5. The summed E-state index contributed by atoms with van der Waals surface area (Å²) in [4.78, 5) is 25.0. The molecule has 0 amide bonds. The number of hydrogen-bond donors (Lipinski definition) is 0. The summed E-state index contributed by atoms with van der Waals surface area (Å²) in [5.74, 6) is -0.872. The van der Waals surface area contributed by atoms with Crippen LogP contribution in [-0.2, 0) is 19.1 Å². The molecule has 0 aliphatic carbocycles. The maximum Gasteiger partial charge on any atom is 0.316 e. The Hall–Kier alpha value is -0.626. The van der Waals surface area contributed by atoms with Crippen molar-refractivity contribution in [2.24, 2.45) is 0 Å². The molecule has 39 heavy (non-hydrogen) atoms. The SMILES string of the molecule is CCCCCCCCCC(C)(C)[Si](C)(C)COC(=O)CC(=O)OC[Si](C)(C)C(C)(C)CCCCCCCCC. The van der Waals surface area contributed by atoms with Gasteiger partial charge in [-0.1, -0.05) is 170 Å². The summed E-state index contributed by atoms with van der Waals surface area (Å²) < 4.78 is 11.3. The topological polar surface area (TPSA) is 52.6 Å². The fourth-order valence-electron chi connectivity index (χ4n) is 4.86. The van der Waals surface area contributed by atoms with Crippen molar-refractivity contribution in [3.05, 3.63) is 0 Å². The predicted octanol–water partition coefficient (Wildman–Crippen LogP) is 10.8. The summed E-state index contributed by atoms with van der Waals surface area (Å²) in [5.41, 5.74) is 0. The maximum absolute atomic E-state index is 12.5. The average molecular weight is 585 g/mol. The molecular formula is C33H68O4Si2. The predicted molar refractivity (Wildman–Crippen MR) is 175 cm³/mol. The van der Waals surface area contributed by atoms with Gasteiger partial charge < -0.3 is 9.47 Å². The lowest BCUT2D eigenvalue weighted by Crippen LogP contribution is -2.45. The molecule has 0 aromatic rings. The van der Waals surface area contributed by atoms with Crippen LogP contribution in [0.1, 0.15) is 151 Å². The molecule has 0 saturated carbocycles. The lowest BCUT2D eigenvalue weighted by Gasteiger charge is -2.40. The van der Waals surface area contributed by atoms with Gasteiger partial charge in [-0.15, -0.1) is 0 Å². The van der Waals surface area contributed by atoms with E-state index in [-0.39, 0.29) is 16.5 Å². The molecule has 232 valence electrons. The first kappa shape index (κ1) is 38.4. The molecular weight excluding hydrogens is 517 g/mol. The lowest BCUT2D eigenvalue weighted by molar-refractivity contribution is -0.152. The first-order chi connectivity index (χ1) is 18.1. The van der Waals surface area contributed by atoms with Gasteiger partial charge in [0, 0.05) is 0 Å². The molecule has 0 radical (unpaired) electrons. The second-order valence-corrected chi connectivity index (χ2v) is 25.6. The van der Waals surface area contributed by atoms with Crippen LogP contribution >= 0.6 is 0 Å². The Kier molecular flexibility index (Phi) is 19.2. The van der Waals surface area contributed by atoms with Crippen LogP contribution in [0.25, 0.3) is 0 Å². The average Bonchev–Trinajstić information content (AvgIpc) is 2.85. The van der Waals surface area contributed by atoms with Crippen molar-refractivity contribution in [2.75, 3.05) is 12.5 Å². The zero-order valence-electron chi connectivity index (χ0n) is 28.1. The minimum atomic E-state index is -1.81. The minimum absolute atomic E-state index is 0.188. The van der Waals surface area contributed by atoms with E-state index in [2.05, 4.69) is 67.7 Å². The standard InChI is InChI=1S/C33H68O4Si2/c1-11-13-15-17-19-21-23-25-32(3,4)38(7,8)28-36-30(34)27-31(35)37-29-39(9,10)33(5,6)26-24-22-20-18-16-14-12-2/h11-29H2,1-10H3. The van der Waals surface area contributed by atoms with E-state index < -0.39 is 28.1 Å². The molecule has 0 saturated heterocycles. The summed E-state index contributed by atoms with van der Waals surface area (Å²) in [7, 11) is -3.63. The highest BCUT2D eigenvalue weighted by atomic mass is 28.3. The van der Waals surface area contributed by atoms with E-state index >= 15 is 0 Å². The number of esters is 2. The van der Waals surface area contributed by atoms with Crippen molar-refractivity contribution in [1.29, 1.82) is 0 Å². The number of rotatable bonds is 24. The van der Waals surface area contributed by atoms with Crippen molar-refractivity contribution in [2.45, 2.75) is 187 Å². The van der Waals surface area contributed by atoms with Crippen LogP contribution in [0.4, 0.5) is 0 Å². The molecule has 0 aromatic carbocycles. The number of hydrogen-bond acceptors (Lipinski definition) is 4. The molecule has 0 aromatic heterocycles. The molecule has 0 bridgehead atoms. The highest BCUT2D eigenvalue weighted by molar-refractivity contribution is 6.80. The Morgan fingerprint density at radius 1 is 0.513 bits per heavy atom. The van der Waals surface area contributed by atoms with Gasteiger partial charge in [-0.25, -0.2) is 0 Å². The molecule has 0 fully saturated rings. The number of ether oxygens (including phenoxy) is 2. The van der Waals surface area contributed by atoms with Gasteiger partial charge in [0.1, 0.15) is 6.42 Å². The molecule has 0 spiro atoms. The summed E-state index contributed by atoms with van der Waals surface area (Å²) in [6.45, 7) is 23.1. The third kappa shape index (κ3) is 16.4. The lowest BCUT2D eigenvalue weighted by atomic mass is 10.0. The van der Waals surface area contributed by atoms with Gasteiger partial charge >= 0.3 is 11.9 Å². The van der Waals surface area contributed by atoms with Crippen molar-refractivity contribution in [3.63, 3.8) is 0 Å². The van der Waals surface area contributed by atoms with Gasteiger partial charge in [-0.05, 0) is 10.1 Å². The minimum Gasteiger partial charge on any atom is -0.469 e. The van der Waals surface area contributed by atoms with Crippen molar-refractivity contribution in [1.82, 2.24) is 0 Å². The van der Waals surface area contributed by atoms with Crippen LogP contribution in [0.15, 0.2) is 0 Å². The summed E-state index contributed by atoms with van der Waals surface area (Å²) in [6, 6.07) is 0. The van der Waals surface area contributed by atoms with Crippen LogP contribution in [0.3, 0.4) is 0 Å². The summed E-state index contributed by atoms with van der Waals surface area (Å²) >= 11 is 0. The Balaban J connectivity index is 4.42. The molecule has 0 aliphatic rings. The van der Waals surface area contributed by atoms with E-state index in [9.17, 15) is 9.59 Å². The Bertz CT molecular complexity index is 615. The second kappa shape index (κ2) is 19.5. The van der Waals surface area contributed by atoms with Gasteiger partial charge in [-0.2, -0.15) is 0 Å². The first-order valence-corrected chi connectivity index (χ1v) is 22.8. The maximum atomic E-state index is 12.5. The van der Waals surface area contributed by atoms with Crippen molar-refractivity contribution < 1.29 is 19.1 Å². The van der Waals surface area contributed by atoms with Crippen molar-refractivity contribution >= 4 is 28.1 Å². The summed E-state index contributed by atoms with van der Waals surface area (Å²) in [6.07, 6.45) is 21.4. The molecule has 0 rings (SSSR count). The number of carbonyl (C=O) groups excluding carboxylic acids is 2. The van der Waals surface area contributed by atoms with Gasteiger partial charge in [0.05, 0.1) is 28.6 Å². The molecule has 0 aliphatic heterocycles. The molecule has 6 heteroatoms. The zero-order valence-corrected chi connectivity index (χ0v) is 30.1. The highest BCUT2D eigenvalue weighted by Gasteiger charge is 2.41. The van der Waals surface area contributed by atoms with Gasteiger partial charge in [0.25, 0.3) is 0 Å². The van der Waals surface area contributed by atoms with Gasteiger partial charge in [0.15, 0.2) is 0 Å². The normalized spacial score (nSPS) is 13.0. The van der Waals surface area contributed by atoms with E-state index in [1.807, 2.05) is 0 Å². The molecule has 0 N–H and O–H groups in total. The van der Waals surface area contributed by atoms with E-state index in [0.717, 1.165) is 0 Å². The Morgan fingerprint density at radius 2 is 0.795 bits per heavy atom. The number of carbonyl (C=O) groups is 2. The van der Waals surface area contributed by atoms with Crippen LogP contribution in [0.2, 0.25) is 36.3 Å². The molecule has 0 unspecified atom stereocenters. The van der Waals surface area contributed by atoms with Crippen LogP contribution in [0, 0.1) is 0 Å². The Morgan fingerprint density at radius 3 is 1.10 bits per heavy atom. The van der Waals surface area contributed by atoms with E-state index in [1.54, 1.807) is 0 Å². The van der Waals surface area contributed by atoms with E-state index in [4.69, 9.17) is 9.47 Å². The van der Waals surface area contributed by atoms with Crippen LogP contribution in [-0.4, -0.2) is 40.5 Å². The molecule has 0 heterocycles. The van der Waals surface area contributed by atoms with E-state index in [0.29, 0.717) is 12.5 Å².